The predicted molar refractivity (Wildman–Crippen MR) is 115 cm³/mol. The second-order valence-corrected chi connectivity index (χ2v) is 7.38. The van der Waals surface area contributed by atoms with Crippen LogP contribution in [-0.4, -0.2) is 5.91 Å². The zero-order chi connectivity index (χ0) is 19.7. The van der Waals surface area contributed by atoms with Crippen molar-refractivity contribution >= 4 is 50.1 Å². The molecule has 0 spiro atoms. The number of rotatable bonds is 3. The number of para-hydroxylation sites is 1. The van der Waals surface area contributed by atoms with Crippen LogP contribution in [0, 0.1) is 0 Å². The van der Waals surface area contributed by atoms with E-state index in [1.165, 1.54) is 0 Å². The molecule has 0 saturated carbocycles. The Morgan fingerprint density at radius 3 is 2.46 bits per heavy atom. The molecule has 138 valence electrons. The Kier molecular flexibility index (Phi) is 5.03. The minimum atomic E-state index is -0.467. The van der Waals surface area contributed by atoms with E-state index in [9.17, 15) is 9.59 Å². The summed E-state index contributed by atoms with van der Waals surface area (Å²) in [5.41, 5.74) is 2.00. The maximum Gasteiger partial charge on any atom is 0.344 e. The van der Waals surface area contributed by atoms with Crippen LogP contribution < -0.4 is 10.9 Å². The molecule has 0 atom stereocenters. The molecule has 4 rings (SSSR count). The van der Waals surface area contributed by atoms with Crippen molar-refractivity contribution in [1.29, 1.82) is 0 Å². The van der Waals surface area contributed by atoms with Gasteiger partial charge < -0.3 is 9.73 Å². The summed E-state index contributed by atoms with van der Waals surface area (Å²) in [5.74, 6) is -0.262. The van der Waals surface area contributed by atoms with Crippen LogP contribution in [-0.2, 0) is 0 Å². The highest BCUT2D eigenvalue weighted by Crippen LogP contribution is 2.30. The third kappa shape index (κ3) is 3.59. The number of carbonyl (C=O) groups excluding carboxylic acids is 1. The summed E-state index contributed by atoms with van der Waals surface area (Å²) in [6, 6.07) is 21.2. The Bertz CT molecular complexity index is 1270. The Morgan fingerprint density at radius 2 is 1.68 bits per heavy atom. The lowest BCUT2D eigenvalue weighted by Crippen LogP contribution is -2.12. The van der Waals surface area contributed by atoms with E-state index in [4.69, 9.17) is 16.0 Å². The summed E-state index contributed by atoms with van der Waals surface area (Å²) in [7, 11) is 0. The number of hydrogen-bond acceptors (Lipinski definition) is 3. The Balaban J connectivity index is 1.67. The Hall–Kier alpha value is -2.89. The number of hydrogen-bond donors (Lipinski definition) is 1. The fourth-order valence-electron chi connectivity index (χ4n) is 2.90. The first kappa shape index (κ1) is 18.5. The summed E-state index contributed by atoms with van der Waals surface area (Å²) in [5, 5.41) is 3.95. The molecule has 0 aliphatic heterocycles. The molecule has 0 fully saturated rings. The molecule has 1 amide bonds. The van der Waals surface area contributed by atoms with Gasteiger partial charge in [0.1, 0.15) is 5.58 Å². The average molecular weight is 455 g/mol. The zero-order valence-electron chi connectivity index (χ0n) is 14.4. The normalized spacial score (nSPS) is 10.8. The molecular weight excluding hydrogens is 442 g/mol. The SMILES string of the molecule is O=C(Nc1ccc(-c2cc3ccccc3oc2=O)c(Cl)c1)c1ccccc1Br. The van der Waals surface area contributed by atoms with Gasteiger partial charge in [-0.15, -0.1) is 0 Å². The number of amides is 1. The van der Waals surface area contributed by atoms with Crippen LogP contribution in [0.1, 0.15) is 10.4 Å². The van der Waals surface area contributed by atoms with E-state index in [1.54, 1.807) is 54.6 Å². The van der Waals surface area contributed by atoms with Gasteiger partial charge in [-0.05, 0) is 52.3 Å². The van der Waals surface area contributed by atoms with Crippen LogP contribution in [0.15, 0.2) is 86.5 Å². The molecule has 28 heavy (non-hydrogen) atoms. The molecule has 0 radical (unpaired) electrons. The second kappa shape index (κ2) is 7.62. The van der Waals surface area contributed by atoms with Crippen molar-refractivity contribution in [2.45, 2.75) is 0 Å². The van der Waals surface area contributed by atoms with Crippen molar-refractivity contribution in [1.82, 2.24) is 0 Å². The largest absolute Gasteiger partial charge is 0.422 e. The van der Waals surface area contributed by atoms with E-state index >= 15 is 0 Å². The maximum absolute atomic E-state index is 12.5. The lowest BCUT2D eigenvalue weighted by Gasteiger charge is -2.10. The fourth-order valence-corrected chi connectivity index (χ4v) is 3.65. The summed E-state index contributed by atoms with van der Waals surface area (Å²) < 4.78 is 6.08. The van der Waals surface area contributed by atoms with Gasteiger partial charge >= 0.3 is 5.63 Å². The van der Waals surface area contributed by atoms with Crippen LogP contribution in [0.5, 0.6) is 0 Å². The van der Waals surface area contributed by atoms with Gasteiger partial charge in [0, 0.05) is 21.1 Å². The standard InChI is InChI=1S/C22H13BrClNO3/c23-18-7-3-2-6-16(18)21(26)25-14-9-10-15(19(24)12-14)17-11-13-5-1-4-8-20(13)28-22(17)27/h1-12H,(H,25,26). The van der Waals surface area contributed by atoms with Crippen molar-refractivity contribution < 1.29 is 9.21 Å². The van der Waals surface area contributed by atoms with E-state index in [0.717, 1.165) is 5.39 Å². The van der Waals surface area contributed by atoms with Gasteiger partial charge in [-0.3, -0.25) is 4.79 Å². The summed E-state index contributed by atoms with van der Waals surface area (Å²) in [6.07, 6.45) is 0. The van der Waals surface area contributed by atoms with E-state index in [2.05, 4.69) is 21.2 Å². The van der Waals surface area contributed by atoms with Gasteiger partial charge in [0.05, 0.1) is 16.1 Å². The average Bonchev–Trinajstić information content (AvgIpc) is 2.68. The molecule has 0 unspecified atom stereocenters. The van der Waals surface area contributed by atoms with Crippen molar-refractivity contribution in [2.75, 3.05) is 5.32 Å². The highest BCUT2D eigenvalue weighted by molar-refractivity contribution is 9.10. The molecule has 3 aromatic carbocycles. The van der Waals surface area contributed by atoms with Gasteiger partial charge in [-0.1, -0.05) is 48.0 Å². The van der Waals surface area contributed by atoms with Crippen molar-refractivity contribution in [3.63, 3.8) is 0 Å². The van der Waals surface area contributed by atoms with Gasteiger partial charge in [-0.25, -0.2) is 4.79 Å². The van der Waals surface area contributed by atoms with Gasteiger partial charge in [-0.2, -0.15) is 0 Å². The van der Waals surface area contributed by atoms with E-state index in [-0.39, 0.29) is 5.91 Å². The molecule has 0 aliphatic rings. The number of anilines is 1. The topological polar surface area (TPSA) is 59.3 Å². The van der Waals surface area contributed by atoms with Crippen LogP contribution >= 0.6 is 27.5 Å². The Labute approximate surface area is 173 Å². The van der Waals surface area contributed by atoms with Crippen LogP contribution in [0.4, 0.5) is 5.69 Å². The summed E-state index contributed by atoms with van der Waals surface area (Å²) in [6.45, 7) is 0. The van der Waals surface area contributed by atoms with Crippen LogP contribution in [0.2, 0.25) is 5.02 Å². The smallest absolute Gasteiger partial charge is 0.344 e. The van der Waals surface area contributed by atoms with Gasteiger partial charge in [0.25, 0.3) is 5.91 Å². The number of halogens is 2. The van der Waals surface area contributed by atoms with Crippen molar-refractivity contribution in [3.8, 4) is 11.1 Å². The lowest BCUT2D eigenvalue weighted by atomic mass is 10.1. The molecule has 0 saturated heterocycles. The highest BCUT2D eigenvalue weighted by atomic mass is 79.9. The molecule has 4 aromatic rings. The van der Waals surface area contributed by atoms with Gasteiger partial charge in [0.15, 0.2) is 0 Å². The number of nitrogens with one attached hydrogen (secondary N) is 1. The second-order valence-electron chi connectivity index (χ2n) is 6.11. The molecule has 1 heterocycles. The molecule has 0 aliphatic carbocycles. The van der Waals surface area contributed by atoms with E-state index < -0.39 is 5.63 Å². The number of carbonyl (C=O) groups is 1. The van der Waals surface area contributed by atoms with Gasteiger partial charge in [0.2, 0.25) is 0 Å². The molecule has 0 bridgehead atoms. The molecule has 1 N–H and O–H groups in total. The molecule has 1 aromatic heterocycles. The quantitative estimate of drug-likeness (QED) is 0.379. The Morgan fingerprint density at radius 1 is 0.929 bits per heavy atom. The maximum atomic E-state index is 12.5. The number of benzene rings is 3. The predicted octanol–water partition coefficient (Wildman–Crippen LogP) is 6.13. The van der Waals surface area contributed by atoms with E-state index in [1.807, 2.05) is 18.2 Å². The van der Waals surface area contributed by atoms with Crippen molar-refractivity contribution in [3.05, 3.63) is 98.3 Å². The molecule has 4 nitrogen and oxygen atoms in total. The monoisotopic (exact) mass is 453 g/mol. The summed E-state index contributed by atoms with van der Waals surface area (Å²) in [4.78, 5) is 24.8. The highest BCUT2D eigenvalue weighted by Gasteiger charge is 2.14. The lowest BCUT2D eigenvalue weighted by molar-refractivity contribution is 0.102. The third-order valence-corrected chi connectivity index (χ3v) is 5.28. The van der Waals surface area contributed by atoms with Crippen LogP contribution in [0.3, 0.4) is 0 Å². The van der Waals surface area contributed by atoms with E-state index in [0.29, 0.717) is 37.5 Å². The minimum Gasteiger partial charge on any atom is -0.422 e. The summed E-state index contributed by atoms with van der Waals surface area (Å²) >= 11 is 9.77. The van der Waals surface area contributed by atoms with Crippen molar-refractivity contribution in [2.24, 2.45) is 0 Å². The first-order valence-electron chi connectivity index (χ1n) is 8.41. The molecule has 6 heteroatoms. The first-order chi connectivity index (χ1) is 13.5. The molecular formula is C22H13BrClNO3. The number of fused-ring (bicyclic) bond motifs is 1. The fraction of sp³-hybridized carbons (Fsp3) is 0. The zero-order valence-corrected chi connectivity index (χ0v) is 16.8. The van der Waals surface area contributed by atoms with Crippen LogP contribution in [0.25, 0.3) is 22.1 Å². The third-order valence-electron chi connectivity index (χ3n) is 4.28. The minimum absolute atomic E-state index is 0.262. The first-order valence-corrected chi connectivity index (χ1v) is 9.59.